The summed E-state index contributed by atoms with van der Waals surface area (Å²) in [5.41, 5.74) is 0. The number of aromatic nitrogens is 3. The van der Waals surface area contributed by atoms with Crippen LogP contribution < -0.4 is 4.74 Å². The Morgan fingerprint density at radius 1 is 1.14 bits per heavy atom. The van der Waals surface area contributed by atoms with Crippen molar-refractivity contribution in [3.8, 4) is 5.75 Å². The number of methoxy groups -OCH3 is 1. The molecule has 2 aromatic heterocycles. The molecule has 0 N–H and O–H groups in total. The van der Waals surface area contributed by atoms with Crippen LogP contribution in [0.5, 0.6) is 5.75 Å². The second-order valence-corrected chi connectivity index (χ2v) is 2.18. The molecule has 0 saturated heterocycles. The molecule has 0 unspecified atom stereocenters. The van der Waals surface area contributed by atoms with Gasteiger partial charge in [0.05, 0.1) is 25.7 Å². The maximum atomic E-state index is 4.77. The van der Waals surface area contributed by atoms with E-state index in [9.17, 15) is 0 Å². The molecule has 0 saturated carbocycles. The predicted octanol–water partition coefficient (Wildman–Crippen LogP) is 1.17. The Balaban J connectivity index is 0.000000146. The molecule has 14 heavy (non-hydrogen) atoms. The Morgan fingerprint density at radius 2 is 1.93 bits per heavy atom. The van der Waals surface area contributed by atoms with E-state index in [-0.39, 0.29) is 0 Å². The SMILES string of the molecule is COc1cn[c]nc1.[c]1ccccn1. The van der Waals surface area contributed by atoms with Crippen molar-refractivity contribution < 1.29 is 4.74 Å². The Labute approximate surface area is 82.6 Å². The Hall–Kier alpha value is -1.97. The van der Waals surface area contributed by atoms with Crippen LogP contribution in [-0.4, -0.2) is 22.1 Å². The summed E-state index contributed by atoms with van der Waals surface area (Å²) in [5, 5.41) is 0. The largest absolute Gasteiger partial charge is 0.494 e. The summed E-state index contributed by atoms with van der Waals surface area (Å²) >= 11 is 0. The maximum absolute atomic E-state index is 4.77. The smallest absolute Gasteiger partial charge is 0.197 e. The van der Waals surface area contributed by atoms with Gasteiger partial charge in [-0.15, -0.1) is 0 Å². The lowest BCUT2D eigenvalue weighted by Crippen LogP contribution is -1.83. The second kappa shape index (κ2) is 6.54. The fraction of sp³-hybridized carbons (Fsp3) is 0.100. The van der Waals surface area contributed by atoms with Crippen molar-refractivity contribution in [1.82, 2.24) is 15.0 Å². The molecule has 0 fully saturated rings. The number of pyridine rings is 1. The van der Waals surface area contributed by atoms with Gasteiger partial charge in [0.1, 0.15) is 0 Å². The van der Waals surface area contributed by atoms with E-state index < -0.39 is 0 Å². The fourth-order valence-corrected chi connectivity index (χ4v) is 0.634. The third-order valence-electron chi connectivity index (χ3n) is 1.25. The highest BCUT2D eigenvalue weighted by atomic mass is 16.5. The molecule has 4 heteroatoms. The minimum absolute atomic E-state index is 0.656. The summed E-state index contributed by atoms with van der Waals surface area (Å²) in [4.78, 5) is 10.8. The third kappa shape index (κ3) is 4.15. The number of hydrogen-bond donors (Lipinski definition) is 0. The first-order valence-corrected chi connectivity index (χ1v) is 3.92. The van der Waals surface area contributed by atoms with E-state index in [1.165, 1.54) is 0 Å². The molecule has 0 aliphatic carbocycles. The van der Waals surface area contributed by atoms with E-state index in [4.69, 9.17) is 4.74 Å². The zero-order valence-electron chi connectivity index (χ0n) is 7.71. The molecular weight excluding hydrogens is 178 g/mol. The molecule has 4 nitrogen and oxygen atoms in total. The summed E-state index contributed by atoms with van der Waals surface area (Å²) in [7, 11) is 1.57. The molecule has 0 spiro atoms. The molecule has 0 atom stereocenters. The van der Waals surface area contributed by atoms with E-state index in [2.05, 4.69) is 27.5 Å². The van der Waals surface area contributed by atoms with Crippen LogP contribution in [0.3, 0.4) is 0 Å². The number of ether oxygens (including phenoxy) is 1. The van der Waals surface area contributed by atoms with E-state index in [1.807, 2.05) is 12.1 Å². The van der Waals surface area contributed by atoms with E-state index in [0.29, 0.717) is 5.75 Å². The van der Waals surface area contributed by atoms with Crippen LogP contribution in [0.4, 0.5) is 0 Å². The highest BCUT2D eigenvalue weighted by Gasteiger charge is 1.83. The Kier molecular flexibility index (Phi) is 4.72. The average molecular weight is 187 g/mol. The summed E-state index contributed by atoms with van der Waals surface area (Å²) in [5.74, 6) is 0.656. The topological polar surface area (TPSA) is 47.9 Å². The zero-order valence-corrected chi connectivity index (χ0v) is 7.71. The van der Waals surface area contributed by atoms with Crippen LogP contribution in [0, 0.1) is 12.5 Å². The minimum Gasteiger partial charge on any atom is -0.494 e. The van der Waals surface area contributed by atoms with E-state index in [0.717, 1.165) is 0 Å². The standard InChI is InChI=1S/C5H5N2O.C5H4N/c1-8-5-2-6-4-7-3-5;1-2-4-6-5-3-1/h2-3H,1H3;1-4H. The highest BCUT2D eigenvalue weighted by molar-refractivity contribution is 5.08. The van der Waals surface area contributed by atoms with Crippen molar-refractivity contribution in [3.05, 3.63) is 49.3 Å². The molecule has 0 aromatic carbocycles. The summed E-state index contributed by atoms with van der Waals surface area (Å²) in [6.45, 7) is 0. The van der Waals surface area contributed by atoms with Gasteiger partial charge in [0, 0.05) is 6.20 Å². The normalized spacial score (nSPS) is 8.36. The van der Waals surface area contributed by atoms with Gasteiger partial charge in [-0.3, -0.25) is 4.98 Å². The van der Waals surface area contributed by atoms with Crippen molar-refractivity contribution in [3.63, 3.8) is 0 Å². The third-order valence-corrected chi connectivity index (χ3v) is 1.25. The van der Waals surface area contributed by atoms with Gasteiger partial charge in [-0.05, 0) is 12.1 Å². The maximum Gasteiger partial charge on any atom is 0.197 e. The molecule has 0 aliphatic heterocycles. The molecule has 70 valence electrons. The van der Waals surface area contributed by atoms with Crippen molar-refractivity contribution >= 4 is 0 Å². The molecule has 0 bridgehead atoms. The van der Waals surface area contributed by atoms with Crippen LogP contribution in [0.1, 0.15) is 0 Å². The highest BCUT2D eigenvalue weighted by Crippen LogP contribution is 2.00. The zero-order chi connectivity index (χ0) is 10.1. The second-order valence-electron chi connectivity index (χ2n) is 2.18. The van der Waals surface area contributed by atoms with Crippen molar-refractivity contribution in [2.45, 2.75) is 0 Å². The quantitative estimate of drug-likeness (QED) is 0.672. The van der Waals surface area contributed by atoms with Gasteiger partial charge in [-0.1, -0.05) is 6.07 Å². The predicted molar refractivity (Wildman–Crippen MR) is 50.5 cm³/mol. The summed E-state index contributed by atoms with van der Waals surface area (Å²) in [6, 6.07) is 5.50. The lowest BCUT2D eigenvalue weighted by molar-refractivity contribution is 0.410. The fourth-order valence-electron chi connectivity index (χ4n) is 0.634. The van der Waals surface area contributed by atoms with Gasteiger partial charge >= 0.3 is 0 Å². The molecule has 2 radical (unpaired) electrons. The number of rotatable bonds is 1. The minimum atomic E-state index is 0.656. The lowest BCUT2D eigenvalue weighted by Gasteiger charge is -1.91. The first-order valence-electron chi connectivity index (χ1n) is 3.92. The molecule has 0 amide bonds. The number of nitrogens with zero attached hydrogens (tertiary/aromatic N) is 3. The van der Waals surface area contributed by atoms with Crippen molar-refractivity contribution in [2.24, 2.45) is 0 Å². The van der Waals surface area contributed by atoms with Gasteiger partial charge in [-0.25, -0.2) is 9.97 Å². The molecule has 2 heterocycles. The Morgan fingerprint density at radius 3 is 2.21 bits per heavy atom. The lowest BCUT2D eigenvalue weighted by atomic mass is 10.5. The van der Waals surface area contributed by atoms with Crippen LogP contribution in [0.2, 0.25) is 0 Å². The van der Waals surface area contributed by atoms with Gasteiger partial charge in [0.25, 0.3) is 0 Å². The van der Waals surface area contributed by atoms with E-state index in [1.54, 1.807) is 31.8 Å². The van der Waals surface area contributed by atoms with Crippen LogP contribution >= 0.6 is 0 Å². The average Bonchev–Trinajstić information content (AvgIpc) is 2.33. The Bertz CT molecular complexity index is 299. The number of hydrogen-bond acceptors (Lipinski definition) is 4. The van der Waals surface area contributed by atoms with Gasteiger partial charge < -0.3 is 4.74 Å². The van der Waals surface area contributed by atoms with Crippen LogP contribution in [0.25, 0.3) is 0 Å². The van der Waals surface area contributed by atoms with Crippen molar-refractivity contribution in [2.75, 3.05) is 7.11 Å². The summed E-state index contributed by atoms with van der Waals surface area (Å²) in [6.07, 6.45) is 9.82. The van der Waals surface area contributed by atoms with Gasteiger partial charge in [0.15, 0.2) is 12.1 Å². The molecule has 2 aromatic rings. The molecular formula is C10H9N3O. The summed E-state index contributed by atoms with van der Waals surface area (Å²) < 4.78 is 4.77. The molecule has 2 rings (SSSR count). The first kappa shape index (κ1) is 10.1. The monoisotopic (exact) mass is 187 g/mol. The van der Waals surface area contributed by atoms with E-state index >= 15 is 0 Å². The first-order chi connectivity index (χ1) is 6.93. The van der Waals surface area contributed by atoms with Crippen LogP contribution in [-0.2, 0) is 0 Å². The van der Waals surface area contributed by atoms with Gasteiger partial charge in [-0.2, -0.15) is 0 Å². The van der Waals surface area contributed by atoms with Crippen LogP contribution in [0.15, 0.2) is 36.8 Å². The molecule has 0 aliphatic rings. The van der Waals surface area contributed by atoms with Crippen molar-refractivity contribution in [1.29, 1.82) is 0 Å². The van der Waals surface area contributed by atoms with Gasteiger partial charge in [0.2, 0.25) is 0 Å².